The number of thiazole rings is 1. The zero-order chi connectivity index (χ0) is 16.7. The van der Waals surface area contributed by atoms with E-state index in [-0.39, 0.29) is 16.6 Å². The fourth-order valence-corrected chi connectivity index (χ4v) is 4.65. The lowest BCUT2D eigenvalue weighted by molar-refractivity contribution is 0.504. The van der Waals surface area contributed by atoms with E-state index < -0.39 is 17.5 Å². The molecule has 2 nitrogen and oxygen atoms in total. The van der Waals surface area contributed by atoms with E-state index in [1.165, 1.54) is 0 Å². The Morgan fingerprint density at radius 2 is 1.78 bits per heavy atom. The lowest BCUT2D eigenvalue weighted by Crippen LogP contribution is -1.94. The van der Waals surface area contributed by atoms with E-state index in [4.69, 9.17) is 5.26 Å². The highest BCUT2D eigenvalue weighted by Gasteiger charge is 2.19. The van der Waals surface area contributed by atoms with Crippen LogP contribution >= 0.6 is 22.7 Å². The number of rotatable bonds is 3. The number of hydrogen-bond donors (Lipinski definition) is 0. The van der Waals surface area contributed by atoms with Crippen molar-refractivity contribution in [1.82, 2.24) is 4.98 Å². The lowest BCUT2D eigenvalue weighted by atomic mass is 10.0. The minimum absolute atomic E-state index is 0.0188. The number of nitrogens with zero attached hydrogens (tertiary/aromatic N) is 2. The van der Waals surface area contributed by atoms with Crippen molar-refractivity contribution in [2.24, 2.45) is 0 Å². The maximum atomic E-state index is 13.8. The monoisotopic (exact) mass is 352 g/mol. The third kappa shape index (κ3) is 2.73. The summed E-state index contributed by atoms with van der Waals surface area (Å²) >= 11 is 2.60. The number of hydrogen-bond acceptors (Lipinski definition) is 4. The number of aryl methyl sites for hydroxylation is 2. The Kier molecular flexibility index (Phi) is 4.13. The van der Waals surface area contributed by atoms with E-state index in [0.29, 0.717) is 17.5 Å². The first-order valence-electron chi connectivity index (χ1n) is 6.80. The van der Waals surface area contributed by atoms with Crippen molar-refractivity contribution < 1.29 is 13.2 Å². The topological polar surface area (TPSA) is 36.7 Å². The molecule has 23 heavy (non-hydrogen) atoms. The molecule has 0 fully saturated rings. The predicted molar refractivity (Wildman–Crippen MR) is 85.4 cm³/mol. The number of benzene rings is 1. The third-order valence-corrected chi connectivity index (χ3v) is 5.83. The zero-order valence-electron chi connectivity index (χ0n) is 12.3. The van der Waals surface area contributed by atoms with E-state index >= 15 is 0 Å². The maximum Gasteiger partial charge on any atom is 0.186 e. The second-order valence-electron chi connectivity index (χ2n) is 5.12. The molecule has 0 N–H and O–H groups in total. The molecule has 7 heteroatoms. The average molecular weight is 352 g/mol. The van der Waals surface area contributed by atoms with E-state index in [9.17, 15) is 13.2 Å². The van der Waals surface area contributed by atoms with Crippen molar-refractivity contribution in [1.29, 1.82) is 5.26 Å². The van der Waals surface area contributed by atoms with Crippen molar-refractivity contribution in [2.45, 2.75) is 26.7 Å². The molecule has 118 valence electrons. The van der Waals surface area contributed by atoms with Gasteiger partial charge in [-0.15, -0.1) is 22.7 Å². The molecule has 0 saturated carbocycles. The Morgan fingerprint density at radius 1 is 1.09 bits per heavy atom. The van der Waals surface area contributed by atoms with Gasteiger partial charge in [0.2, 0.25) is 0 Å². The summed E-state index contributed by atoms with van der Waals surface area (Å²) in [6, 6.07) is 2.68. The van der Waals surface area contributed by atoms with Crippen LogP contribution in [0.25, 0.3) is 10.2 Å². The molecule has 0 spiro atoms. The third-order valence-electron chi connectivity index (χ3n) is 3.66. The fraction of sp³-hybridized carbons (Fsp3) is 0.250. The minimum atomic E-state index is -1.24. The maximum absolute atomic E-state index is 13.8. The van der Waals surface area contributed by atoms with Gasteiger partial charge in [-0.2, -0.15) is 5.26 Å². The molecule has 0 atom stereocenters. The van der Waals surface area contributed by atoms with Crippen molar-refractivity contribution in [2.75, 3.05) is 0 Å². The van der Waals surface area contributed by atoms with Gasteiger partial charge in [-0.1, -0.05) is 0 Å². The van der Waals surface area contributed by atoms with Crippen LogP contribution in [0.4, 0.5) is 13.2 Å². The highest BCUT2D eigenvalue weighted by atomic mass is 32.1. The molecule has 0 bridgehead atoms. The molecule has 3 rings (SSSR count). The number of halogens is 3. The van der Waals surface area contributed by atoms with Crippen LogP contribution in [-0.4, -0.2) is 4.98 Å². The molecule has 0 aliphatic rings. The quantitative estimate of drug-likeness (QED) is 0.619. The largest absolute Gasteiger partial charge is 0.238 e. The molecule has 3 aromatic rings. The van der Waals surface area contributed by atoms with Crippen LogP contribution in [0.5, 0.6) is 0 Å². The van der Waals surface area contributed by atoms with Gasteiger partial charge in [0.25, 0.3) is 0 Å². The van der Waals surface area contributed by atoms with Gasteiger partial charge in [-0.25, -0.2) is 18.2 Å². The Labute approximate surface area is 138 Å². The molecular weight excluding hydrogens is 341 g/mol. The Balaban J connectivity index is 2.08. The van der Waals surface area contributed by atoms with Gasteiger partial charge in [-0.05, 0) is 25.0 Å². The SMILES string of the molecule is Cc1sc(C)c(Cc2nc3c(F)c(F)cc(F)c3s2)c1CC#N. The summed E-state index contributed by atoms with van der Waals surface area (Å²) in [7, 11) is 0. The average Bonchev–Trinajstić information content (AvgIpc) is 3.02. The van der Waals surface area contributed by atoms with Crippen molar-refractivity contribution in [3.63, 3.8) is 0 Å². The van der Waals surface area contributed by atoms with Gasteiger partial charge < -0.3 is 0 Å². The van der Waals surface area contributed by atoms with Crippen LogP contribution in [-0.2, 0) is 12.8 Å². The van der Waals surface area contributed by atoms with Crippen LogP contribution < -0.4 is 0 Å². The molecular formula is C16H11F3N2S2. The van der Waals surface area contributed by atoms with Crippen molar-refractivity contribution in [3.8, 4) is 6.07 Å². The first kappa shape index (κ1) is 16.0. The van der Waals surface area contributed by atoms with Gasteiger partial charge in [0.1, 0.15) is 11.3 Å². The highest BCUT2D eigenvalue weighted by Crippen LogP contribution is 2.34. The summed E-state index contributed by atoms with van der Waals surface area (Å²) in [6.07, 6.45) is 0.667. The first-order valence-corrected chi connectivity index (χ1v) is 8.43. The smallest absolute Gasteiger partial charge is 0.186 e. The van der Waals surface area contributed by atoms with Crippen LogP contribution in [0, 0.1) is 42.6 Å². The second kappa shape index (κ2) is 5.95. The summed E-state index contributed by atoms with van der Waals surface area (Å²) in [4.78, 5) is 6.18. The van der Waals surface area contributed by atoms with Gasteiger partial charge in [0.05, 0.1) is 22.2 Å². The summed E-state index contributed by atoms with van der Waals surface area (Å²) in [6.45, 7) is 3.89. The van der Waals surface area contributed by atoms with E-state index in [2.05, 4.69) is 11.1 Å². The Bertz CT molecular complexity index is 951. The molecule has 1 aromatic carbocycles. The second-order valence-corrected chi connectivity index (χ2v) is 7.64. The number of aromatic nitrogens is 1. The van der Waals surface area contributed by atoms with E-state index in [0.717, 1.165) is 32.2 Å². The summed E-state index contributed by atoms with van der Waals surface area (Å²) in [5.74, 6) is -3.17. The first-order chi connectivity index (χ1) is 10.9. The summed E-state index contributed by atoms with van der Waals surface area (Å²) < 4.78 is 40.9. The molecule has 2 heterocycles. The lowest BCUT2D eigenvalue weighted by Gasteiger charge is -2.01. The number of nitriles is 1. The molecule has 0 saturated heterocycles. The van der Waals surface area contributed by atoms with Crippen LogP contribution in [0.3, 0.4) is 0 Å². The fourth-order valence-electron chi connectivity index (χ4n) is 2.57. The molecule has 0 aliphatic heterocycles. The van der Waals surface area contributed by atoms with Gasteiger partial charge in [0, 0.05) is 22.2 Å². The van der Waals surface area contributed by atoms with E-state index in [1.807, 2.05) is 13.8 Å². The predicted octanol–water partition coefficient (Wildman–Crippen LogP) is 5.05. The van der Waals surface area contributed by atoms with Crippen molar-refractivity contribution in [3.05, 3.63) is 49.4 Å². The van der Waals surface area contributed by atoms with Crippen LogP contribution in [0.2, 0.25) is 0 Å². The zero-order valence-corrected chi connectivity index (χ0v) is 14.0. The standard InChI is InChI=1S/C16H11F3N2S2/c1-7-9(3-4-20)10(8(2)22-7)5-13-21-15-14(19)11(17)6-12(18)16(15)23-13/h6H,3,5H2,1-2H3. The van der Waals surface area contributed by atoms with Gasteiger partial charge in [-0.3, -0.25) is 0 Å². The van der Waals surface area contributed by atoms with Crippen LogP contribution in [0.1, 0.15) is 25.9 Å². The highest BCUT2D eigenvalue weighted by molar-refractivity contribution is 7.18. The van der Waals surface area contributed by atoms with Gasteiger partial charge in [0.15, 0.2) is 11.6 Å². The molecule has 2 aromatic heterocycles. The minimum Gasteiger partial charge on any atom is -0.238 e. The molecule has 0 amide bonds. The van der Waals surface area contributed by atoms with E-state index in [1.54, 1.807) is 11.3 Å². The van der Waals surface area contributed by atoms with Gasteiger partial charge >= 0.3 is 0 Å². The normalized spacial score (nSPS) is 11.1. The number of thiophene rings is 1. The molecule has 0 aliphatic carbocycles. The van der Waals surface area contributed by atoms with Crippen LogP contribution in [0.15, 0.2) is 6.07 Å². The summed E-state index contributed by atoms with van der Waals surface area (Å²) in [5, 5.41) is 9.47. The Hall–Kier alpha value is -1.91. The summed E-state index contributed by atoms with van der Waals surface area (Å²) in [5.41, 5.74) is 1.64. The van der Waals surface area contributed by atoms with Crippen molar-refractivity contribution >= 4 is 32.9 Å². The number of fused-ring (bicyclic) bond motifs is 1. The molecule has 0 radical (unpaired) electrons. The molecule has 0 unspecified atom stereocenters. The Morgan fingerprint density at radius 3 is 2.48 bits per heavy atom.